The standard InChI is InChI=1S/C20H21N/c1-17-10-9-15-20(2,16-17)21(18-11-5-3-6-12-18)19-13-7-4-8-14-19/h3-15H,16H2,1-2H3. The monoisotopic (exact) mass is 275 g/mol. The summed E-state index contributed by atoms with van der Waals surface area (Å²) in [4.78, 5) is 2.43. The third kappa shape index (κ3) is 2.78. The van der Waals surface area contributed by atoms with Crippen LogP contribution in [0.3, 0.4) is 0 Å². The minimum absolute atomic E-state index is 0.0401. The Kier molecular flexibility index (Phi) is 3.66. The van der Waals surface area contributed by atoms with Crippen molar-refractivity contribution in [2.45, 2.75) is 25.8 Å². The van der Waals surface area contributed by atoms with Gasteiger partial charge in [0.1, 0.15) is 0 Å². The van der Waals surface area contributed by atoms with Crippen LogP contribution >= 0.6 is 0 Å². The van der Waals surface area contributed by atoms with E-state index in [0.29, 0.717) is 0 Å². The molecular weight excluding hydrogens is 254 g/mol. The van der Waals surface area contributed by atoms with Crippen molar-refractivity contribution in [3.05, 3.63) is 84.5 Å². The van der Waals surface area contributed by atoms with Gasteiger partial charge in [-0.1, -0.05) is 60.2 Å². The fourth-order valence-electron chi connectivity index (χ4n) is 3.15. The minimum Gasteiger partial charge on any atom is -0.332 e. The fraction of sp³-hybridized carbons (Fsp3) is 0.200. The molecule has 0 bridgehead atoms. The summed E-state index contributed by atoms with van der Waals surface area (Å²) in [5.74, 6) is 0. The summed E-state index contributed by atoms with van der Waals surface area (Å²) in [5, 5.41) is 0. The van der Waals surface area contributed by atoms with Crippen LogP contribution in [0.4, 0.5) is 11.4 Å². The number of allylic oxidation sites excluding steroid dienone is 2. The van der Waals surface area contributed by atoms with Gasteiger partial charge in [-0.3, -0.25) is 0 Å². The van der Waals surface area contributed by atoms with E-state index in [1.54, 1.807) is 0 Å². The van der Waals surface area contributed by atoms with Gasteiger partial charge in [0.15, 0.2) is 0 Å². The molecule has 1 aliphatic rings. The van der Waals surface area contributed by atoms with Gasteiger partial charge < -0.3 is 4.90 Å². The van der Waals surface area contributed by atoms with Gasteiger partial charge in [0.2, 0.25) is 0 Å². The van der Waals surface area contributed by atoms with E-state index in [4.69, 9.17) is 0 Å². The molecule has 1 unspecified atom stereocenters. The molecule has 0 radical (unpaired) electrons. The summed E-state index contributed by atoms with van der Waals surface area (Å²) in [5.41, 5.74) is 3.83. The maximum atomic E-state index is 2.43. The Hall–Kier alpha value is -2.28. The highest BCUT2D eigenvalue weighted by Gasteiger charge is 2.32. The lowest BCUT2D eigenvalue weighted by Gasteiger charge is -2.42. The number of para-hydroxylation sites is 2. The normalized spacial score (nSPS) is 21.0. The molecule has 0 aromatic heterocycles. The third-order valence-corrected chi connectivity index (χ3v) is 4.01. The Morgan fingerprint density at radius 2 is 1.38 bits per heavy atom. The summed E-state index contributed by atoms with van der Waals surface area (Å²) in [6, 6.07) is 21.3. The maximum Gasteiger partial charge on any atom is 0.0645 e. The van der Waals surface area contributed by atoms with Gasteiger partial charge in [0, 0.05) is 11.4 Å². The number of rotatable bonds is 3. The van der Waals surface area contributed by atoms with E-state index in [0.717, 1.165) is 6.42 Å². The molecule has 21 heavy (non-hydrogen) atoms. The zero-order valence-electron chi connectivity index (χ0n) is 12.7. The van der Waals surface area contributed by atoms with E-state index < -0.39 is 0 Å². The molecule has 3 rings (SSSR count). The first-order valence-corrected chi connectivity index (χ1v) is 7.44. The van der Waals surface area contributed by atoms with Gasteiger partial charge in [-0.2, -0.15) is 0 Å². The van der Waals surface area contributed by atoms with E-state index in [2.05, 4.69) is 97.6 Å². The van der Waals surface area contributed by atoms with E-state index in [-0.39, 0.29) is 5.54 Å². The summed E-state index contributed by atoms with van der Waals surface area (Å²) >= 11 is 0. The van der Waals surface area contributed by atoms with Crippen molar-refractivity contribution in [1.29, 1.82) is 0 Å². The van der Waals surface area contributed by atoms with Crippen LogP contribution in [-0.2, 0) is 0 Å². The average molecular weight is 275 g/mol. The highest BCUT2D eigenvalue weighted by Crippen LogP contribution is 2.38. The van der Waals surface area contributed by atoms with Crippen LogP contribution in [0.1, 0.15) is 20.3 Å². The van der Waals surface area contributed by atoms with Gasteiger partial charge in [-0.25, -0.2) is 0 Å². The smallest absolute Gasteiger partial charge is 0.0645 e. The molecule has 0 fully saturated rings. The van der Waals surface area contributed by atoms with E-state index >= 15 is 0 Å². The van der Waals surface area contributed by atoms with Gasteiger partial charge in [0.05, 0.1) is 5.54 Å². The minimum atomic E-state index is -0.0401. The Bertz CT molecular complexity index is 615. The number of benzene rings is 2. The van der Waals surface area contributed by atoms with Crippen molar-refractivity contribution in [3.63, 3.8) is 0 Å². The molecular formula is C20H21N. The lowest BCUT2D eigenvalue weighted by atomic mass is 9.86. The first kappa shape index (κ1) is 13.7. The number of nitrogens with zero attached hydrogens (tertiary/aromatic N) is 1. The fourth-order valence-corrected chi connectivity index (χ4v) is 3.15. The van der Waals surface area contributed by atoms with Crippen molar-refractivity contribution in [1.82, 2.24) is 0 Å². The lowest BCUT2D eigenvalue weighted by Crippen LogP contribution is -2.42. The molecule has 0 amide bonds. The first-order valence-electron chi connectivity index (χ1n) is 7.44. The second kappa shape index (κ2) is 5.61. The lowest BCUT2D eigenvalue weighted by molar-refractivity contribution is 0.554. The van der Waals surface area contributed by atoms with E-state index in [9.17, 15) is 0 Å². The zero-order chi connectivity index (χ0) is 14.7. The molecule has 1 nitrogen and oxygen atoms in total. The molecule has 1 atom stereocenters. The summed E-state index contributed by atoms with van der Waals surface area (Å²) in [6.45, 7) is 4.51. The highest BCUT2D eigenvalue weighted by molar-refractivity contribution is 5.67. The van der Waals surface area contributed by atoms with Crippen molar-refractivity contribution in [2.75, 3.05) is 4.90 Å². The predicted octanol–water partition coefficient (Wildman–Crippen LogP) is 5.49. The SMILES string of the molecule is CC1=CC=CC(C)(N(c2ccccc2)c2ccccc2)C1. The molecule has 2 aromatic carbocycles. The van der Waals surface area contributed by atoms with E-state index in [1.165, 1.54) is 16.9 Å². The molecule has 0 N–H and O–H groups in total. The Balaban J connectivity index is 2.10. The zero-order valence-corrected chi connectivity index (χ0v) is 12.7. The number of hydrogen-bond acceptors (Lipinski definition) is 1. The molecule has 0 saturated carbocycles. The van der Waals surface area contributed by atoms with Crippen LogP contribution in [0.25, 0.3) is 0 Å². The van der Waals surface area contributed by atoms with Crippen LogP contribution in [0.2, 0.25) is 0 Å². The third-order valence-electron chi connectivity index (χ3n) is 4.01. The molecule has 0 heterocycles. The molecule has 0 spiro atoms. The molecule has 0 aliphatic heterocycles. The van der Waals surface area contributed by atoms with Crippen molar-refractivity contribution >= 4 is 11.4 Å². The van der Waals surface area contributed by atoms with Gasteiger partial charge in [0.25, 0.3) is 0 Å². The van der Waals surface area contributed by atoms with Gasteiger partial charge in [-0.15, -0.1) is 0 Å². The topological polar surface area (TPSA) is 3.24 Å². The number of anilines is 2. The van der Waals surface area contributed by atoms with Crippen LogP contribution < -0.4 is 4.90 Å². The van der Waals surface area contributed by atoms with Crippen LogP contribution in [0.15, 0.2) is 84.5 Å². The molecule has 0 saturated heterocycles. The largest absolute Gasteiger partial charge is 0.332 e. The average Bonchev–Trinajstić information content (AvgIpc) is 2.49. The van der Waals surface area contributed by atoms with Crippen LogP contribution in [-0.4, -0.2) is 5.54 Å². The quantitative estimate of drug-likeness (QED) is 0.716. The maximum absolute atomic E-state index is 2.43. The summed E-state index contributed by atoms with van der Waals surface area (Å²) < 4.78 is 0. The van der Waals surface area contributed by atoms with Crippen LogP contribution in [0, 0.1) is 0 Å². The molecule has 1 aliphatic carbocycles. The Labute approximate surface area is 127 Å². The second-order valence-corrected chi connectivity index (χ2v) is 5.91. The summed E-state index contributed by atoms with van der Waals surface area (Å²) in [6.07, 6.45) is 7.72. The second-order valence-electron chi connectivity index (χ2n) is 5.91. The Morgan fingerprint density at radius 1 is 0.857 bits per heavy atom. The van der Waals surface area contributed by atoms with Gasteiger partial charge >= 0.3 is 0 Å². The van der Waals surface area contributed by atoms with Crippen LogP contribution in [0.5, 0.6) is 0 Å². The Morgan fingerprint density at radius 3 is 1.86 bits per heavy atom. The number of hydrogen-bond donors (Lipinski definition) is 0. The highest BCUT2D eigenvalue weighted by atomic mass is 15.2. The molecule has 1 heteroatoms. The van der Waals surface area contributed by atoms with E-state index in [1.807, 2.05) is 0 Å². The predicted molar refractivity (Wildman–Crippen MR) is 90.9 cm³/mol. The molecule has 106 valence electrons. The van der Waals surface area contributed by atoms with Crippen molar-refractivity contribution < 1.29 is 0 Å². The summed E-state index contributed by atoms with van der Waals surface area (Å²) in [7, 11) is 0. The molecule has 2 aromatic rings. The first-order chi connectivity index (χ1) is 10.2. The van der Waals surface area contributed by atoms with Crippen molar-refractivity contribution in [2.24, 2.45) is 0 Å². The van der Waals surface area contributed by atoms with Gasteiger partial charge in [-0.05, 0) is 44.5 Å². The van der Waals surface area contributed by atoms with Crippen molar-refractivity contribution in [3.8, 4) is 0 Å².